The van der Waals surface area contributed by atoms with Crippen LogP contribution in [0, 0.1) is 0 Å². The van der Waals surface area contributed by atoms with Gasteiger partial charge in [0.25, 0.3) is 11.8 Å². The number of nitrogens with zero attached hydrogens (tertiary/aromatic N) is 1. The van der Waals surface area contributed by atoms with Gasteiger partial charge in [0.05, 0.1) is 11.1 Å². The van der Waals surface area contributed by atoms with Gasteiger partial charge in [-0.15, -0.1) is 0 Å². The van der Waals surface area contributed by atoms with Crippen molar-refractivity contribution in [2.45, 2.75) is 39.3 Å². The van der Waals surface area contributed by atoms with Gasteiger partial charge in [0.2, 0.25) is 11.8 Å². The molecule has 1 aliphatic rings. The number of imide groups is 1. The molecule has 0 bridgehead atoms. The number of anilines is 1. The average molecular weight is 559 g/mol. The Bertz CT molecular complexity index is 1190. The maximum absolute atomic E-state index is 12.5. The zero-order valence-corrected chi connectivity index (χ0v) is 21.7. The molecule has 10 nitrogen and oxygen atoms in total. The summed E-state index contributed by atoms with van der Waals surface area (Å²) in [4.78, 5) is 61.9. The van der Waals surface area contributed by atoms with Crippen molar-refractivity contribution in [1.82, 2.24) is 15.5 Å². The maximum atomic E-state index is 12.5. The number of ether oxygens (including phenoxy) is 1. The van der Waals surface area contributed by atoms with Crippen LogP contribution in [0.25, 0.3) is 0 Å². The summed E-state index contributed by atoms with van der Waals surface area (Å²) in [6, 6.07) is 11.6. The van der Waals surface area contributed by atoms with E-state index in [0.717, 1.165) is 10.5 Å². The third-order valence-corrected chi connectivity index (χ3v) is 5.48. The fourth-order valence-electron chi connectivity index (χ4n) is 3.33. The Balaban J connectivity index is 1.41. The smallest absolute Gasteiger partial charge is 0.407 e. The van der Waals surface area contributed by atoms with E-state index >= 15 is 0 Å². The number of rotatable bonds is 8. The van der Waals surface area contributed by atoms with Crippen LogP contribution >= 0.6 is 15.9 Å². The summed E-state index contributed by atoms with van der Waals surface area (Å²) < 4.78 is 5.78. The molecule has 11 heteroatoms. The van der Waals surface area contributed by atoms with Crippen molar-refractivity contribution in [3.8, 4) is 0 Å². The molecule has 0 atom stereocenters. The monoisotopic (exact) mass is 558 g/mol. The molecule has 0 unspecified atom stereocenters. The molecule has 190 valence electrons. The minimum Gasteiger partial charge on any atom is -0.444 e. The second kappa shape index (κ2) is 11.3. The summed E-state index contributed by atoms with van der Waals surface area (Å²) >= 11 is 3.27. The number of hydrogen-bond donors (Lipinski definition) is 3. The zero-order valence-electron chi connectivity index (χ0n) is 20.1. The lowest BCUT2D eigenvalue weighted by Crippen LogP contribution is -2.40. The lowest BCUT2D eigenvalue weighted by molar-refractivity contribution is -0.121. The molecule has 5 amide bonds. The van der Waals surface area contributed by atoms with Crippen molar-refractivity contribution in [2.24, 2.45) is 0 Å². The predicted molar refractivity (Wildman–Crippen MR) is 135 cm³/mol. The van der Waals surface area contributed by atoms with Crippen LogP contribution in [0.2, 0.25) is 0 Å². The first-order valence-electron chi connectivity index (χ1n) is 11.2. The number of amides is 5. The van der Waals surface area contributed by atoms with Crippen molar-refractivity contribution in [1.29, 1.82) is 0 Å². The summed E-state index contributed by atoms with van der Waals surface area (Å²) in [5, 5.41) is 7.93. The third kappa shape index (κ3) is 7.38. The Morgan fingerprint density at radius 1 is 0.917 bits per heavy atom. The molecule has 0 spiro atoms. The van der Waals surface area contributed by atoms with Crippen LogP contribution in [0.5, 0.6) is 0 Å². The second-order valence-electron chi connectivity index (χ2n) is 9.09. The van der Waals surface area contributed by atoms with Crippen molar-refractivity contribution in [2.75, 3.05) is 18.4 Å². The van der Waals surface area contributed by atoms with E-state index in [9.17, 15) is 24.0 Å². The van der Waals surface area contributed by atoms with Gasteiger partial charge in [0.1, 0.15) is 12.1 Å². The Labute approximate surface area is 216 Å². The van der Waals surface area contributed by atoms with Crippen LogP contribution in [0.4, 0.5) is 10.5 Å². The quantitative estimate of drug-likeness (QED) is 0.426. The van der Waals surface area contributed by atoms with Gasteiger partial charge in [-0.3, -0.25) is 24.1 Å². The maximum Gasteiger partial charge on any atom is 0.407 e. The van der Waals surface area contributed by atoms with E-state index in [0.29, 0.717) is 10.2 Å². The fraction of sp³-hybridized carbons (Fsp3) is 0.320. The summed E-state index contributed by atoms with van der Waals surface area (Å²) in [7, 11) is 0. The lowest BCUT2D eigenvalue weighted by Gasteiger charge is -2.19. The van der Waals surface area contributed by atoms with Crippen LogP contribution in [0.3, 0.4) is 0 Å². The predicted octanol–water partition coefficient (Wildman–Crippen LogP) is 3.21. The van der Waals surface area contributed by atoms with Gasteiger partial charge in [-0.05, 0) is 56.7 Å². The van der Waals surface area contributed by atoms with Crippen LogP contribution in [0.1, 0.15) is 53.5 Å². The lowest BCUT2D eigenvalue weighted by atomic mass is 10.1. The van der Waals surface area contributed by atoms with E-state index in [4.69, 9.17) is 4.74 Å². The normalized spacial score (nSPS) is 12.7. The topological polar surface area (TPSA) is 134 Å². The Morgan fingerprint density at radius 3 is 2.25 bits per heavy atom. The first kappa shape index (κ1) is 26.9. The number of alkyl carbamates (subject to hydrolysis) is 1. The Hall–Kier alpha value is -3.73. The van der Waals surface area contributed by atoms with E-state index in [1.54, 1.807) is 63.2 Å². The zero-order chi connectivity index (χ0) is 26.5. The highest BCUT2D eigenvalue weighted by atomic mass is 79.9. The number of nitrogens with one attached hydrogen (secondary N) is 3. The molecule has 0 fully saturated rings. The van der Waals surface area contributed by atoms with Gasteiger partial charge in [-0.1, -0.05) is 28.1 Å². The first-order valence-corrected chi connectivity index (χ1v) is 12.0. The number of hydrogen-bond acceptors (Lipinski definition) is 6. The van der Waals surface area contributed by atoms with Crippen LogP contribution in [-0.2, 0) is 20.9 Å². The van der Waals surface area contributed by atoms with E-state index in [-0.39, 0.29) is 43.1 Å². The van der Waals surface area contributed by atoms with Crippen LogP contribution in [-0.4, -0.2) is 53.3 Å². The largest absolute Gasteiger partial charge is 0.444 e. The average Bonchev–Trinajstić information content (AvgIpc) is 3.01. The second-order valence-corrected chi connectivity index (χ2v) is 10.0. The van der Waals surface area contributed by atoms with E-state index in [1.807, 2.05) is 0 Å². The fourth-order valence-corrected chi connectivity index (χ4v) is 3.69. The molecule has 2 aromatic carbocycles. The molecule has 1 heterocycles. The van der Waals surface area contributed by atoms with Gasteiger partial charge in [0.15, 0.2) is 0 Å². The minimum atomic E-state index is -0.611. The molecular formula is C25H27BrN4O6. The van der Waals surface area contributed by atoms with E-state index in [1.165, 1.54) is 0 Å². The molecule has 2 aromatic rings. The van der Waals surface area contributed by atoms with Gasteiger partial charge in [-0.25, -0.2) is 4.79 Å². The number of carbonyl (C=O) groups excluding carboxylic acids is 5. The number of halogens is 1. The van der Waals surface area contributed by atoms with Gasteiger partial charge in [-0.2, -0.15) is 0 Å². The molecule has 0 saturated carbocycles. The van der Waals surface area contributed by atoms with Gasteiger partial charge in [0, 0.05) is 29.7 Å². The Kier molecular flexibility index (Phi) is 8.46. The molecule has 0 aromatic heterocycles. The highest BCUT2D eigenvalue weighted by molar-refractivity contribution is 9.10. The molecule has 3 N–H and O–H groups in total. The first-order chi connectivity index (χ1) is 16.9. The number of benzene rings is 2. The molecular weight excluding hydrogens is 532 g/mol. The molecule has 0 aliphatic carbocycles. The highest BCUT2D eigenvalue weighted by Gasteiger charge is 2.36. The summed E-state index contributed by atoms with van der Waals surface area (Å²) in [6.07, 6.45) is -0.510. The number of fused-ring (bicyclic) bond motifs is 1. The molecule has 0 saturated heterocycles. The minimum absolute atomic E-state index is 0.0752. The van der Waals surface area contributed by atoms with Crippen LogP contribution < -0.4 is 16.0 Å². The summed E-state index contributed by atoms with van der Waals surface area (Å²) in [6.45, 7) is 5.19. The number of carbonyl (C=O) groups is 5. The van der Waals surface area contributed by atoms with E-state index in [2.05, 4.69) is 31.9 Å². The molecule has 36 heavy (non-hydrogen) atoms. The third-order valence-electron chi connectivity index (χ3n) is 4.98. The van der Waals surface area contributed by atoms with Crippen molar-refractivity contribution in [3.05, 3.63) is 63.6 Å². The standard InChI is InChI=1S/C25H27BrN4O6/c1-25(2,3)36-24(35)27-11-10-20(31)29-17-7-4-15(5-8-17)13-28-21(32)14-30-22(33)18-9-6-16(26)12-19(18)23(30)34/h4-9,12H,10-11,13-14H2,1-3H3,(H,27,35)(H,28,32)(H,29,31). The highest BCUT2D eigenvalue weighted by Crippen LogP contribution is 2.25. The van der Waals surface area contributed by atoms with Crippen molar-refractivity contribution >= 4 is 51.3 Å². The molecule has 1 aliphatic heterocycles. The Morgan fingerprint density at radius 2 is 1.58 bits per heavy atom. The van der Waals surface area contributed by atoms with Crippen molar-refractivity contribution < 1.29 is 28.7 Å². The van der Waals surface area contributed by atoms with Gasteiger partial charge >= 0.3 is 6.09 Å². The SMILES string of the molecule is CC(C)(C)OC(=O)NCCC(=O)Nc1ccc(CNC(=O)CN2C(=O)c3ccc(Br)cc3C2=O)cc1. The summed E-state index contributed by atoms with van der Waals surface area (Å²) in [5.74, 6) is -1.76. The molecule has 0 radical (unpaired) electrons. The van der Waals surface area contributed by atoms with Crippen LogP contribution in [0.15, 0.2) is 46.9 Å². The summed E-state index contributed by atoms with van der Waals surface area (Å²) in [5.41, 5.74) is 1.25. The van der Waals surface area contributed by atoms with Gasteiger partial charge < -0.3 is 20.7 Å². The molecule has 3 rings (SSSR count). The van der Waals surface area contributed by atoms with Crippen molar-refractivity contribution in [3.63, 3.8) is 0 Å². The van der Waals surface area contributed by atoms with E-state index < -0.39 is 29.4 Å².